The van der Waals surface area contributed by atoms with Gasteiger partial charge in [-0.1, -0.05) is 51.4 Å². The summed E-state index contributed by atoms with van der Waals surface area (Å²) in [6, 6.07) is 0. The van der Waals surface area contributed by atoms with Gasteiger partial charge in [-0.25, -0.2) is 0 Å². The topological polar surface area (TPSA) is 3.24 Å². The van der Waals surface area contributed by atoms with Gasteiger partial charge in [0.15, 0.2) is 0 Å². The predicted octanol–water partition coefficient (Wildman–Crippen LogP) is 4.13. The summed E-state index contributed by atoms with van der Waals surface area (Å²) in [5.41, 5.74) is 0. The Morgan fingerprint density at radius 1 is 1.00 bits per heavy atom. The lowest BCUT2D eigenvalue weighted by Crippen LogP contribution is -2.20. The molecule has 0 amide bonds. The van der Waals surface area contributed by atoms with E-state index in [9.17, 15) is 0 Å². The Kier molecular flexibility index (Phi) is 6.06. The van der Waals surface area contributed by atoms with Crippen molar-refractivity contribution >= 4 is 11.8 Å². The van der Waals surface area contributed by atoms with Gasteiger partial charge in [-0.3, -0.25) is 4.90 Å². The molecule has 0 aromatic rings. The van der Waals surface area contributed by atoms with Crippen molar-refractivity contribution < 1.29 is 0 Å². The minimum absolute atomic E-state index is 1.11. The van der Waals surface area contributed by atoms with Gasteiger partial charge in [-0.05, 0) is 18.9 Å². The molecule has 0 aromatic heterocycles. The first-order valence-electron chi connectivity index (χ1n) is 7.25. The van der Waals surface area contributed by atoms with Gasteiger partial charge in [0.1, 0.15) is 0 Å². The summed E-state index contributed by atoms with van der Waals surface area (Å²) in [6.45, 7) is 2.70. The molecule has 0 aromatic carbocycles. The largest absolute Gasteiger partial charge is 0.293 e. The van der Waals surface area contributed by atoms with Crippen LogP contribution in [0, 0.1) is 5.92 Å². The van der Waals surface area contributed by atoms with Crippen LogP contribution in [0.25, 0.3) is 0 Å². The highest BCUT2D eigenvalue weighted by atomic mass is 32.2. The van der Waals surface area contributed by atoms with Gasteiger partial charge in [0.05, 0.1) is 0 Å². The van der Waals surface area contributed by atoms with Crippen molar-refractivity contribution in [3.8, 4) is 0 Å². The summed E-state index contributed by atoms with van der Waals surface area (Å²) < 4.78 is 0. The van der Waals surface area contributed by atoms with E-state index in [1.807, 2.05) is 0 Å². The second kappa shape index (κ2) is 7.60. The number of rotatable bonds is 7. The van der Waals surface area contributed by atoms with Gasteiger partial charge < -0.3 is 0 Å². The van der Waals surface area contributed by atoms with Crippen LogP contribution in [-0.4, -0.2) is 29.6 Å². The first-order chi connectivity index (χ1) is 7.95. The van der Waals surface area contributed by atoms with Crippen LogP contribution in [0.4, 0.5) is 0 Å². The third kappa shape index (κ3) is 4.67. The fourth-order valence-electron chi connectivity index (χ4n) is 3.05. The van der Waals surface area contributed by atoms with Crippen LogP contribution in [-0.2, 0) is 0 Å². The molecule has 2 rings (SSSR count). The van der Waals surface area contributed by atoms with Crippen LogP contribution in [0.5, 0.6) is 0 Å². The lowest BCUT2D eigenvalue weighted by Gasteiger charge is -2.13. The summed E-state index contributed by atoms with van der Waals surface area (Å²) in [5, 5.41) is 0. The van der Waals surface area contributed by atoms with Crippen molar-refractivity contribution in [1.29, 1.82) is 0 Å². The minimum atomic E-state index is 1.11. The van der Waals surface area contributed by atoms with E-state index in [1.165, 1.54) is 82.5 Å². The Bertz CT molecular complexity index is 152. The third-order valence-corrected chi connectivity index (χ3v) is 5.16. The number of hydrogen-bond donors (Lipinski definition) is 0. The van der Waals surface area contributed by atoms with Gasteiger partial charge in [0, 0.05) is 18.2 Å². The zero-order valence-corrected chi connectivity index (χ0v) is 11.4. The molecule has 0 unspecified atom stereocenters. The molecule has 0 bridgehead atoms. The first-order valence-corrected chi connectivity index (χ1v) is 8.41. The van der Waals surface area contributed by atoms with Gasteiger partial charge in [-0.2, -0.15) is 0 Å². The molecule has 0 atom stereocenters. The first kappa shape index (κ1) is 12.8. The molecule has 1 heterocycles. The molecule has 0 radical (unpaired) electrons. The van der Waals surface area contributed by atoms with E-state index in [-0.39, 0.29) is 0 Å². The van der Waals surface area contributed by atoms with Gasteiger partial charge in [0.25, 0.3) is 0 Å². The molecule has 2 aliphatic rings. The Balaban J connectivity index is 1.37. The molecule has 1 saturated carbocycles. The van der Waals surface area contributed by atoms with Crippen LogP contribution in [0.2, 0.25) is 0 Å². The molecule has 1 saturated heterocycles. The lowest BCUT2D eigenvalue weighted by molar-refractivity contribution is 0.341. The van der Waals surface area contributed by atoms with E-state index < -0.39 is 0 Å². The van der Waals surface area contributed by atoms with Crippen molar-refractivity contribution in [2.45, 2.75) is 57.8 Å². The molecule has 1 aliphatic heterocycles. The molecule has 94 valence electrons. The van der Waals surface area contributed by atoms with Crippen LogP contribution in [0.3, 0.4) is 0 Å². The number of nitrogens with zero attached hydrogens (tertiary/aromatic N) is 1. The average molecular weight is 241 g/mol. The molecular weight excluding hydrogens is 214 g/mol. The maximum Gasteiger partial charge on any atom is 0.0445 e. The van der Waals surface area contributed by atoms with Crippen molar-refractivity contribution in [1.82, 2.24) is 4.90 Å². The summed E-state index contributed by atoms with van der Waals surface area (Å²) in [6.07, 6.45) is 13.5. The van der Waals surface area contributed by atoms with Crippen molar-refractivity contribution in [3.63, 3.8) is 0 Å². The normalized spacial score (nSPS) is 23.2. The predicted molar refractivity (Wildman–Crippen MR) is 73.9 cm³/mol. The number of unbranched alkanes of at least 4 members (excludes halogenated alkanes) is 3. The van der Waals surface area contributed by atoms with Crippen molar-refractivity contribution in [2.75, 3.05) is 24.7 Å². The van der Waals surface area contributed by atoms with E-state index in [4.69, 9.17) is 0 Å². The number of thioether (sulfide) groups is 1. The van der Waals surface area contributed by atoms with Crippen LogP contribution >= 0.6 is 11.8 Å². The highest BCUT2D eigenvalue weighted by Gasteiger charge is 2.14. The molecule has 1 aliphatic carbocycles. The summed E-state index contributed by atoms with van der Waals surface area (Å²) in [4.78, 5) is 2.61. The third-order valence-electron chi connectivity index (χ3n) is 4.14. The Morgan fingerprint density at radius 2 is 1.81 bits per heavy atom. The summed E-state index contributed by atoms with van der Waals surface area (Å²) >= 11 is 2.09. The maximum atomic E-state index is 2.61. The number of hydrogen-bond acceptors (Lipinski definition) is 2. The van der Waals surface area contributed by atoms with Gasteiger partial charge in [-0.15, -0.1) is 11.8 Å². The second-order valence-corrected chi connectivity index (χ2v) is 6.58. The minimum Gasteiger partial charge on any atom is -0.293 e. The van der Waals surface area contributed by atoms with Crippen molar-refractivity contribution in [2.24, 2.45) is 5.92 Å². The zero-order chi connectivity index (χ0) is 11.1. The van der Waals surface area contributed by atoms with Gasteiger partial charge >= 0.3 is 0 Å². The molecule has 0 N–H and O–H groups in total. The average Bonchev–Trinajstić information content (AvgIpc) is 2.96. The Morgan fingerprint density at radius 3 is 2.56 bits per heavy atom. The fraction of sp³-hybridized carbons (Fsp3) is 1.00. The molecular formula is C14H27NS. The van der Waals surface area contributed by atoms with Gasteiger partial charge in [0.2, 0.25) is 0 Å². The molecule has 16 heavy (non-hydrogen) atoms. The molecule has 1 nitrogen and oxygen atoms in total. The van der Waals surface area contributed by atoms with E-state index in [0.717, 1.165) is 5.92 Å². The van der Waals surface area contributed by atoms with Crippen LogP contribution in [0.1, 0.15) is 57.8 Å². The second-order valence-electron chi connectivity index (χ2n) is 5.51. The van der Waals surface area contributed by atoms with Crippen LogP contribution in [0.15, 0.2) is 0 Å². The fourth-order valence-corrected chi connectivity index (χ4v) is 4.08. The van der Waals surface area contributed by atoms with E-state index in [1.54, 1.807) is 0 Å². The van der Waals surface area contributed by atoms with E-state index in [0.29, 0.717) is 0 Å². The highest BCUT2D eigenvalue weighted by Crippen LogP contribution is 2.29. The quantitative estimate of drug-likeness (QED) is 0.616. The summed E-state index contributed by atoms with van der Waals surface area (Å²) in [5.74, 6) is 3.76. The Hall–Kier alpha value is 0.310. The smallest absolute Gasteiger partial charge is 0.0445 e. The van der Waals surface area contributed by atoms with E-state index >= 15 is 0 Å². The molecule has 2 heteroatoms. The highest BCUT2D eigenvalue weighted by molar-refractivity contribution is 7.99. The SMILES string of the molecule is C(CCCN1CCSC1)CCC1CCCC1. The monoisotopic (exact) mass is 241 g/mol. The lowest BCUT2D eigenvalue weighted by atomic mass is 9.99. The van der Waals surface area contributed by atoms with Crippen molar-refractivity contribution in [3.05, 3.63) is 0 Å². The van der Waals surface area contributed by atoms with Crippen LogP contribution < -0.4 is 0 Å². The molecule has 2 fully saturated rings. The Labute approximate surface area is 105 Å². The molecule has 0 spiro atoms. The van der Waals surface area contributed by atoms with E-state index in [2.05, 4.69) is 16.7 Å². The zero-order valence-electron chi connectivity index (χ0n) is 10.6. The summed E-state index contributed by atoms with van der Waals surface area (Å²) in [7, 11) is 0. The maximum absolute atomic E-state index is 2.61. The standard InChI is InChI=1S/C14H27NS/c1(3-7-14-8-4-5-9-14)2-6-10-15-11-12-16-13-15/h14H,1-13H2.